The molecule has 6 nitrogen and oxygen atoms in total. The fraction of sp³-hybridized carbons (Fsp3) is 0.571. The Morgan fingerprint density at radius 1 is 1.35 bits per heavy atom. The molecular formula is C14H22N2O4. The first kappa shape index (κ1) is 16.6. The summed E-state index contributed by atoms with van der Waals surface area (Å²) in [4.78, 5) is 10.1. The summed E-state index contributed by atoms with van der Waals surface area (Å²) in [5.74, 6) is 0. The average molecular weight is 282 g/mol. The second-order valence-electron chi connectivity index (χ2n) is 4.53. The second-order valence-corrected chi connectivity index (χ2v) is 4.53. The van der Waals surface area contributed by atoms with Crippen LogP contribution in [0.3, 0.4) is 0 Å². The van der Waals surface area contributed by atoms with Crippen LogP contribution in [0.1, 0.15) is 31.4 Å². The Kier molecular flexibility index (Phi) is 7.79. The Morgan fingerprint density at radius 2 is 2.05 bits per heavy atom. The van der Waals surface area contributed by atoms with Gasteiger partial charge in [0.15, 0.2) is 0 Å². The van der Waals surface area contributed by atoms with Crippen molar-refractivity contribution in [2.75, 3.05) is 26.3 Å². The number of aliphatic hydroxyl groups is 1. The lowest BCUT2D eigenvalue weighted by Crippen LogP contribution is -2.23. The number of hydrogen-bond donors (Lipinski definition) is 2. The van der Waals surface area contributed by atoms with Crippen LogP contribution in [0.25, 0.3) is 0 Å². The van der Waals surface area contributed by atoms with Crippen LogP contribution in [-0.2, 0) is 4.74 Å². The average Bonchev–Trinajstić information content (AvgIpc) is 2.46. The van der Waals surface area contributed by atoms with Crippen LogP contribution in [0, 0.1) is 10.1 Å². The van der Waals surface area contributed by atoms with E-state index in [9.17, 15) is 15.2 Å². The molecule has 112 valence electrons. The monoisotopic (exact) mass is 282 g/mol. The van der Waals surface area contributed by atoms with Gasteiger partial charge in [0.05, 0.1) is 11.0 Å². The van der Waals surface area contributed by atoms with E-state index in [0.717, 1.165) is 26.0 Å². The van der Waals surface area contributed by atoms with Crippen LogP contribution in [0.5, 0.6) is 0 Å². The van der Waals surface area contributed by atoms with E-state index >= 15 is 0 Å². The smallest absolute Gasteiger partial charge is 0.269 e. The highest BCUT2D eigenvalue weighted by Gasteiger charge is 2.09. The number of hydrogen-bond acceptors (Lipinski definition) is 5. The first-order chi connectivity index (χ1) is 9.65. The van der Waals surface area contributed by atoms with Gasteiger partial charge in [0, 0.05) is 31.9 Å². The standard InChI is InChI=1S/C14H22N2O4/c1-2-9-20-10-3-8-15-11-14(17)12-4-6-13(7-5-12)16(18)19/h4-7,14-15,17H,2-3,8-11H2,1H3. The largest absolute Gasteiger partial charge is 0.387 e. The molecule has 0 aliphatic carbocycles. The quantitative estimate of drug-likeness (QED) is 0.390. The molecule has 6 heteroatoms. The van der Waals surface area contributed by atoms with Crippen molar-refractivity contribution in [1.29, 1.82) is 0 Å². The fourth-order valence-corrected chi connectivity index (χ4v) is 1.72. The molecule has 2 N–H and O–H groups in total. The van der Waals surface area contributed by atoms with E-state index in [-0.39, 0.29) is 5.69 Å². The van der Waals surface area contributed by atoms with Crippen LogP contribution in [-0.4, -0.2) is 36.3 Å². The van der Waals surface area contributed by atoms with Crippen molar-refractivity contribution >= 4 is 5.69 Å². The number of ether oxygens (including phenoxy) is 1. The summed E-state index contributed by atoms with van der Waals surface area (Å²) in [6.07, 6.45) is 1.26. The molecule has 0 fully saturated rings. The van der Waals surface area contributed by atoms with Gasteiger partial charge in [0.25, 0.3) is 5.69 Å². The van der Waals surface area contributed by atoms with Gasteiger partial charge in [-0.15, -0.1) is 0 Å². The first-order valence-electron chi connectivity index (χ1n) is 6.86. The van der Waals surface area contributed by atoms with Gasteiger partial charge >= 0.3 is 0 Å². The maximum atomic E-state index is 10.5. The summed E-state index contributed by atoms with van der Waals surface area (Å²) in [5, 5.41) is 23.6. The maximum Gasteiger partial charge on any atom is 0.269 e. The molecular weight excluding hydrogens is 260 g/mol. The number of nitro groups is 1. The van der Waals surface area contributed by atoms with Gasteiger partial charge < -0.3 is 15.2 Å². The van der Waals surface area contributed by atoms with E-state index in [0.29, 0.717) is 18.7 Å². The molecule has 0 saturated heterocycles. The second kappa shape index (κ2) is 9.41. The zero-order valence-corrected chi connectivity index (χ0v) is 11.7. The molecule has 1 aromatic carbocycles. The third kappa shape index (κ3) is 6.10. The van der Waals surface area contributed by atoms with E-state index in [1.807, 2.05) is 0 Å². The molecule has 1 unspecified atom stereocenters. The van der Waals surface area contributed by atoms with Crippen LogP contribution in [0.4, 0.5) is 5.69 Å². The highest BCUT2D eigenvalue weighted by Crippen LogP contribution is 2.17. The van der Waals surface area contributed by atoms with Gasteiger partial charge in [-0.1, -0.05) is 6.92 Å². The zero-order valence-electron chi connectivity index (χ0n) is 11.7. The SMILES string of the molecule is CCCOCCCNCC(O)c1ccc([N+](=O)[O-])cc1. The molecule has 0 radical (unpaired) electrons. The highest BCUT2D eigenvalue weighted by molar-refractivity contribution is 5.33. The maximum absolute atomic E-state index is 10.5. The van der Waals surface area contributed by atoms with Crippen LogP contribution < -0.4 is 5.32 Å². The van der Waals surface area contributed by atoms with Gasteiger partial charge in [-0.25, -0.2) is 0 Å². The molecule has 0 aliphatic heterocycles. The lowest BCUT2D eigenvalue weighted by atomic mass is 10.1. The van der Waals surface area contributed by atoms with Crippen molar-refractivity contribution < 1.29 is 14.8 Å². The number of benzene rings is 1. The Bertz CT molecular complexity index is 395. The predicted octanol–water partition coefficient (Wildman–Crippen LogP) is 2.03. The van der Waals surface area contributed by atoms with Crippen molar-refractivity contribution in [3.05, 3.63) is 39.9 Å². The summed E-state index contributed by atoms with van der Waals surface area (Å²) in [6.45, 7) is 4.76. The number of rotatable bonds is 10. The van der Waals surface area contributed by atoms with E-state index in [1.54, 1.807) is 12.1 Å². The topological polar surface area (TPSA) is 84.6 Å². The van der Waals surface area contributed by atoms with Gasteiger partial charge in [0.2, 0.25) is 0 Å². The molecule has 0 aliphatic rings. The lowest BCUT2D eigenvalue weighted by molar-refractivity contribution is -0.384. The summed E-state index contributed by atoms with van der Waals surface area (Å²) < 4.78 is 5.34. The Balaban J connectivity index is 2.22. The molecule has 1 atom stereocenters. The number of nitrogens with one attached hydrogen (secondary N) is 1. The van der Waals surface area contributed by atoms with Gasteiger partial charge in [-0.2, -0.15) is 0 Å². The zero-order chi connectivity index (χ0) is 14.8. The minimum atomic E-state index is -0.660. The summed E-state index contributed by atoms with van der Waals surface area (Å²) in [6, 6.07) is 5.96. The summed E-state index contributed by atoms with van der Waals surface area (Å²) in [5.41, 5.74) is 0.701. The van der Waals surface area contributed by atoms with Crippen LogP contribution >= 0.6 is 0 Å². The molecule has 0 amide bonds. The van der Waals surface area contributed by atoms with Gasteiger partial charge in [-0.3, -0.25) is 10.1 Å². The Morgan fingerprint density at radius 3 is 2.65 bits per heavy atom. The number of aliphatic hydroxyl groups excluding tert-OH is 1. The Hall–Kier alpha value is -1.50. The number of non-ortho nitro benzene ring substituents is 1. The molecule has 0 spiro atoms. The van der Waals surface area contributed by atoms with Crippen LogP contribution in [0.2, 0.25) is 0 Å². The van der Waals surface area contributed by atoms with E-state index in [1.165, 1.54) is 12.1 Å². The van der Waals surface area contributed by atoms with Crippen molar-refractivity contribution in [1.82, 2.24) is 5.32 Å². The minimum absolute atomic E-state index is 0.0296. The van der Waals surface area contributed by atoms with E-state index < -0.39 is 11.0 Å². The van der Waals surface area contributed by atoms with Gasteiger partial charge in [0.1, 0.15) is 0 Å². The molecule has 0 heterocycles. The predicted molar refractivity (Wildman–Crippen MR) is 76.7 cm³/mol. The van der Waals surface area contributed by atoms with Crippen molar-refractivity contribution in [2.24, 2.45) is 0 Å². The van der Waals surface area contributed by atoms with E-state index in [2.05, 4.69) is 12.2 Å². The van der Waals surface area contributed by atoms with Crippen molar-refractivity contribution in [3.8, 4) is 0 Å². The Labute approximate surface area is 118 Å². The fourth-order valence-electron chi connectivity index (χ4n) is 1.72. The summed E-state index contributed by atoms with van der Waals surface area (Å²) in [7, 11) is 0. The first-order valence-corrected chi connectivity index (χ1v) is 6.86. The minimum Gasteiger partial charge on any atom is -0.387 e. The molecule has 0 saturated carbocycles. The highest BCUT2D eigenvalue weighted by atomic mass is 16.6. The molecule has 1 aromatic rings. The third-order valence-corrected chi connectivity index (χ3v) is 2.82. The summed E-state index contributed by atoms with van der Waals surface area (Å²) >= 11 is 0. The molecule has 0 aromatic heterocycles. The van der Waals surface area contributed by atoms with Crippen molar-refractivity contribution in [2.45, 2.75) is 25.9 Å². The van der Waals surface area contributed by atoms with Crippen molar-refractivity contribution in [3.63, 3.8) is 0 Å². The third-order valence-electron chi connectivity index (χ3n) is 2.82. The van der Waals surface area contributed by atoms with Gasteiger partial charge in [-0.05, 0) is 37.1 Å². The molecule has 0 bridgehead atoms. The lowest BCUT2D eigenvalue weighted by Gasteiger charge is -2.12. The molecule has 20 heavy (non-hydrogen) atoms. The normalized spacial score (nSPS) is 12.3. The van der Waals surface area contributed by atoms with Crippen LogP contribution in [0.15, 0.2) is 24.3 Å². The molecule has 1 rings (SSSR count). The van der Waals surface area contributed by atoms with E-state index in [4.69, 9.17) is 4.74 Å². The number of nitrogens with zero attached hydrogens (tertiary/aromatic N) is 1. The number of nitro benzene ring substituents is 1.